The van der Waals surface area contributed by atoms with Crippen LogP contribution in [-0.4, -0.2) is 54.7 Å². The van der Waals surface area contributed by atoms with Gasteiger partial charge in [0.25, 0.3) is 0 Å². The van der Waals surface area contributed by atoms with Crippen molar-refractivity contribution in [2.24, 2.45) is 0 Å². The quantitative estimate of drug-likeness (QED) is 0.628. The lowest BCUT2D eigenvalue weighted by atomic mass is 10.1. The monoisotopic (exact) mass is 240 g/mol. The molecule has 0 bridgehead atoms. The number of ether oxygens (including phenoxy) is 2. The minimum absolute atomic E-state index is 0.111. The van der Waals surface area contributed by atoms with E-state index in [1.165, 1.54) is 0 Å². The summed E-state index contributed by atoms with van der Waals surface area (Å²) >= 11 is 0. The van der Waals surface area contributed by atoms with E-state index in [1.807, 2.05) is 0 Å². The first-order valence-electron chi connectivity index (χ1n) is 4.52. The average molecular weight is 240 g/mol. The fraction of sp³-hybridized carbons (Fsp3) is 1.00. The predicted molar refractivity (Wildman–Crippen MR) is 47.2 cm³/mol. The Bertz CT molecular complexity index is 283. The molecule has 0 aliphatic carbocycles. The zero-order chi connectivity index (χ0) is 11.1. The van der Waals surface area contributed by atoms with Crippen molar-refractivity contribution in [2.75, 3.05) is 20.3 Å². The molecule has 0 aromatic carbocycles. The fourth-order valence-corrected chi connectivity index (χ4v) is 2.36. The van der Waals surface area contributed by atoms with Crippen LogP contribution in [0.5, 0.6) is 0 Å². The summed E-state index contributed by atoms with van der Waals surface area (Å²) in [6.07, 6.45) is -2.37. The van der Waals surface area contributed by atoms with E-state index < -0.39 is 32.2 Å². The third-order valence-corrected chi connectivity index (χ3v) is 3.48. The van der Waals surface area contributed by atoms with Gasteiger partial charge in [-0.25, -0.2) is 4.57 Å². The number of aliphatic hydroxyl groups is 1. The Morgan fingerprint density at radius 1 is 1.33 bits per heavy atom. The molecule has 2 aliphatic rings. The molecule has 0 radical (unpaired) electrons. The van der Waals surface area contributed by atoms with Crippen molar-refractivity contribution in [2.45, 2.75) is 24.4 Å². The van der Waals surface area contributed by atoms with Crippen LogP contribution in [0.3, 0.4) is 0 Å². The van der Waals surface area contributed by atoms with Gasteiger partial charge >= 0.3 is 7.82 Å². The van der Waals surface area contributed by atoms with Gasteiger partial charge in [0, 0.05) is 7.11 Å². The minimum atomic E-state index is -4.03. The smallest absolute Gasteiger partial charge is 0.388 e. The molecule has 7 nitrogen and oxygen atoms in total. The van der Waals surface area contributed by atoms with Crippen molar-refractivity contribution in [3.8, 4) is 0 Å². The maximum atomic E-state index is 11.1. The number of aliphatic hydroxyl groups excluding tert-OH is 1. The zero-order valence-corrected chi connectivity index (χ0v) is 9.00. The molecule has 2 aliphatic heterocycles. The predicted octanol–water partition coefficient (Wildman–Crippen LogP) is -0.723. The number of hydrogen-bond donors (Lipinski definition) is 2. The van der Waals surface area contributed by atoms with Crippen molar-refractivity contribution in [1.29, 1.82) is 0 Å². The van der Waals surface area contributed by atoms with E-state index in [4.69, 9.17) is 18.9 Å². The molecule has 8 heteroatoms. The summed E-state index contributed by atoms with van der Waals surface area (Å²) in [7, 11) is -2.95. The summed E-state index contributed by atoms with van der Waals surface area (Å²) < 4.78 is 30.7. The van der Waals surface area contributed by atoms with Crippen molar-refractivity contribution in [3.05, 3.63) is 0 Å². The summed E-state index contributed by atoms with van der Waals surface area (Å²) in [5.41, 5.74) is 0. The van der Waals surface area contributed by atoms with E-state index in [-0.39, 0.29) is 13.2 Å². The van der Waals surface area contributed by atoms with E-state index >= 15 is 0 Å². The molecule has 0 amide bonds. The number of rotatable bonds is 3. The second kappa shape index (κ2) is 4.10. The van der Waals surface area contributed by atoms with E-state index in [1.54, 1.807) is 0 Å². The van der Waals surface area contributed by atoms with Crippen LogP contribution in [0.4, 0.5) is 0 Å². The molecular formula is C7H13O7P. The molecule has 0 spiro atoms. The van der Waals surface area contributed by atoms with E-state index in [2.05, 4.69) is 4.52 Å². The van der Waals surface area contributed by atoms with Crippen LogP contribution in [0.2, 0.25) is 0 Å². The molecule has 2 N–H and O–H groups in total. The summed E-state index contributed by atoms with van der Waals surface area (Å²) in [4.78, 5) is 9.11. The van der Waals surface area contributed by atoms with Crippen LogP contribution in [0.25, 0.3) is 0 Å². The molecule has 5 atom stereocenters. The molecule has 2 fully saturated rings. The Morgan fingerprint density at radius 2 is 2.00 bits per heavy atom. The normalized spacial score (nSPS) is 43.9. The second-order valence-electron chi connectivity index (χ2n) is 3.46. The summed E-state index contributed by atoms with van der Waals surface area (Å²) in [5, 5.41) is 9.40. The van der Waals surface area contributed by atoms with Crippen LogP contribution in [0, 0.1) is 0 Å². The lowest BCUT2D eigenvalue weighted by Crippen LogP contribution is -2.32. The van der Waals surface area contributed by atoms with Crippen LogP contribution in [0.15, 0.2) is 0 Å². The highest BCUT2D eigenvalue weighted by atomic mass is 31.2. The van der Waals surface area contributed by atoms with Crippen LogP contribution < -0.4 is 0 Å². The van der Waals surface area contributed by atoms with Crippen molar-refractivity contribution < 1.29 is 33.1 Å². The van der Waals surface area contributed by atoms with Gasteiger partial charge in [-0.1, -0.05) is 0 Å². The summed E-state index contributed by atoms with van der Waals surface area (Å²) in [5.74, 6) is 0. The van der Waals surface area contributed by atoms with Crippen molar-refractivity contribution in [1.82, 2.24) is 0 Å². The van der Waals surface area contributed by atoms with E-state index in [9.17, 15) is 9.67 Å². The lowest BCUT2D eigenvalue weighted by molar-refractivity contribution is -0.000106. The summed E-state index contributed by atoms with van der Waals surface area (Å²) in [6, 6.07) is 0. The largest absolute Gasteiger partial charge is 0.472 e. The molecule has 15 heavy (non-hydrogen) atoms. The number of phosphoric acid groups is 1. The van der Waals surface area contributed by atoms with Gasteiger partial charge in [-0.05, 0) is 0 Å². The van der Waals surface area contributed by atoms with Gasteiger partial charge in [-0.2, -0.15) is 0 Å². The second-order valence-corrected chi connectivity index (χ2v) is 4.97. The topological polar surface area (TPSA) is 94.5 Å². The van der Waals surface area contributed by atoms with Crippen molar-refractivity contribution >= 4 is 7.82 Å². The van der Waals surface area contributed by atoms with Gasteiger partial charge in [0.05, 0.1) is 13.2 Å². The third kappa shape index (κ3) is 2.24. The third-order valence-electron chi connectivity index (χ3n) is 2.48. The molecule has 88 valence electrons. The first kappa shape index (κ1) is 11.5. The molecule has 0 aromatic rings. The Labute approximate surface area is 86.5 Å². The van der Waals surface area contributed by atoms with Crippen LogP contribution in [-0.2, 0) is 23.1 Å². The van der Waals surface area contributed by atoms with Crippen molar-refractivity contribution in [3.63, 3.8) is 0 Å². The maximum Gasteiger partial charge on any atom is 0.472 e. The molecule has 2 saturated heterocycles. The zero-order valence-electron chi connectivity index (χ0n) is 8.11. The molecule has 2 rings (SSSR count). The Balaban J connectivity index is 1.98. The molecular weight excluding hydrogens is 227 g/mol. The highest BCUT2D eigenvalue weighted by molar-refractivity contribution is 7.47. The van der Waals surface area contributed by atoms with Gasteiger partial charge in [0.2, 0.25) is 0 Å². The first-order valence-corrected chi connectivity index (χ1v) is 6.01. The minimum Gasteiger partial charge on any atom is -0.388 e. The SMILES string of the molecule is COP(=O)(O)O[C@@H]1CO[C@H]2[C@@H]1OC[C@@H]2O. The molecule has 0 saturated carbocycles. The fourth-order valence-electron chi connectivity index (χ4n) is 1.75. The number of hydrogen-bond acceptors (Lipinski definition) is 6. The van der Waals surface area contributed by atoms with E-state index in [0.29, 0.717) is 0 Å². The maximum absolute atomic E-state index is 11.1. The number of fused-ring (bicyclic) bond motifs is 1. The van der Waals surface area contributed by atoms with Crippen LogP contribution in [0.1, 0.15) is 0 Å². The summed E-state index contributed by atoms with van der Waals surface area (Å²) in [6.45, 7) is 0.262. The van der Waals surface area contributed by atoms with E-state index in [0.717, 1.165) is 7.11 Å². The molecule has 1 unspecified atom stereocenters. The van der Waals surface area contributed by atoms with Gasteiger partial charge in [0.1, 0.15) is 24.4 Å². The van der Waals surface area contributed by atoms with Gasteiger partial charge in [-0.3, -0.25) is 9.05 Å². The highest BCUT2D eigenvalue weighted by Gasteiger charge is 2.49. The van der Waals surface area contributed by atoms with Gasteiger partial charge in [-0.15, -0.1) is 0 Å². The Hall–Kier alpha value is -0.0100. The van der Waals surface area contributed by atoms with Gasteiger partial charge in [0.15, 0.2) is 0 Å². The first-order chi connectivity index (χ1) is 7.03. The van der Waals surface area contributed by atoms with Gasteiger partial charge < -0.3 is 19.5 Å². The molecule has 0 aromatic heterocycles. The molecule has 2 heterocycles. The number of phosphoric ester groups is 1. The Kier molecular flexibility index (Phi) is 3.14. The standard InChI is InChI=1S/C7H13O7P/c1-11-15(9,10)14-5-3-13-6-4(8)2-12-7(5)6/h4-8H,2-3H2,1H3,(H,9,10)/t4-,5+,6+,7+/m0/s1. The van der Waals surface area contributed by atoms with Crippen LogP contribution >= 0.6 is 7.82 Å². The average Bonchev–Trinajstić information content (AvgIpc) is 2.72. The lowest BCUT2D eigenvalue weighted by Gasteiger charge is -2.18. The highest BCUT2D eigenvalue weighted by Crippen LogP contribution is 2.46. The Morgan fingerprint density at radius 3 is 2.67 bits per heavy atom.